The van der Waals surface area contributed by atoms with Crippen LogP contribution in [0.2, 0.25) is 0 Å². The number of carbonyl (C=O) groups excluding carboxylic acids is 1. The molecule has 0 saturated carbocycles. The molecule has 1 heterocycles. The van der Waals surface area contributed by atoms with Gasteiger partial charge in [0.25, 0.3) is 5.91 Å². The SMILES string of the molecule is Cc1cc2c(cc1C)Sc1ccccc1C(=O)N2. The summed E-state index contributed by atoms with van der Waals surface area (Å²) in [7, 11) is 0. The maximum absolute atomic E-state index is 12.1. The lowest BCUT2D eigenvalue weighted by atomic mass is 10.1. The predicted octanol–water partition coefficient (Wildman–Crippen LogP) is 4.02. The van der Waals surface area contributed by atoms with Crippen LogP contribution in [0.15, 0.2) is 46.2 Å². The normalized spacial score (nSPS) is 13.3. The van der Waals surface area contributed by atoms with Crippen LogP contribution in [-0.4, -0.2) is 5.91 Å². The van der Waals surface area contributed by atoms with Gasteiger partial charge in [-0.2, -0.15) is 0 Å². The van der Waals surface area contributed by atoms with E-state index in [0.717, 1.165) is 21.0 Å². The maximum Gasteiger partial charge on any atom is 0.256 e. The van der Waals surface area contributed by atoms with E-state index in [0.29, 0.717) is 0 Å². The van der Waals surface area contributed by atoms with Crippen molar-refractivity contribution in [2.75, 3.05) is 5.32 Å². The van der Waals surface area contributed by atoms with Crippen LogP contribution in [0.3, 0.4) is 0 Å². The van der Waals surface area contributed by atoms with E-state index >= 15 is 0 Å². The molecule has 2 nitrogen and oxygen atoms in total. The van der Waals surface area contributed by atoms with Crippen molar-refractivity contribution in [3.05, 3.63) is 53.1 Å². The highest BCUT2D eigenvalue weighted by molar-refractivity contribution is 7.99. The number of amides is 1. The van der Waals surface area contributed by atoms with Crippen molar-refractivity contribution in [3.8, 4) is 0 Å². The number of anilines is 1. The highest BCUT2D eigenvalue weighted by Gasteiger charge is 2.19. The third kappa shape index (κ3) is 1.81. The summed E-state index contributed by atoms with van der Waals surface area (Å²) in [6.07, 6.45) is 0. The van der Waals surface area contributed by atoms with Gasteiger partial charge >= 0.3 is 0 Å². The topological polar surface area (TPSA) is 29.1 Å². The van der Waals surface area contributed by atoms with Crippen LogP contribution in [0.4, 0.5) is 5.69 Å². The van der Waals surface area contributed by atoms with Gasteiger partial charge in [-0.3, -0.25) is 4.79 Å². The van der Waals surface area contributed by atoms with Gasteiger partial charge in [0.1, 0.15) is 0 Å². The van der Waals surface area contributed by atoms with Crippen molar-refractivity contribution in [1.82, 2.24) is 0 Å². The Hall–Kier alpha value is -1.74. The van der Waals surface area contributed by atoms with Crippen molar-refractivity contribution in [1.29, 1.82) is 0 Å². The molecule has 0 spiro atoms. The summed E-state index contributed by atoms with van der Waals surface area (Å²) in [4.78, 5) is 14.3. The Morgan fingerprint density at radius 3 is 2.56 bits per heavy atom. The number of rotatable bonds is 0. The van der Waals surface area contributed by atoms with E-state index in [9.17, 15) is 4.79 Å². The highest BCUT2D eigenvalue weighted by atomic mass is 32.2. The smallest absolute Gasteiger partial charge is 0.256 e. The van der Waals surface area contributed by atoms with Gasteiger partial charge in [0, 0.05) is 9.79 Å². The zero-order valence-corrected chi connectivity index (χ0v) is 11.1. The van der Waals surface area contributed by atoms with E-state index in [1.165, 1.54) is 11.1 Å². The molecule has 0 atom stereocenters. The molecular formula is C15H13NOS. The van der Waals surface area contributed by atoms with Crippen LogP contribution in [0.5, 0.6) is 0 Å². The van der Waals surface area contributed by atoms with Crippen molar-refractivity contribution in [3.63, 3.8) is 0 Å². The van der Waals surface area contributed by atoms with E-state index in [-0.39, 0.29) is 5.91 Å². The van der Waals surface area contributed by atoms with Crippen molar-refractivity contribution < 1.29 is 4.79 Å². The minimum Gasteiger partial charge on any atom is -0.321 e. The molecular weight excluding hydrogens is 242 g/mol. The van der Waals surface area contributed by atoms with Crippen LogP contribution in [-0.2, 0) is 0 Å². The van der Waals surface area contributed by atoms with Crippen LogP contribution >= 0.6 is 11.8 Å². The molecule has 1 N–H and O–H groups in total. The summed E-state index contributed by atoms with van der Waals surface area (Å²) in [6, 6.07) is 11.9. The molecule has 0 bridgehead atoms. The second-order valence-electron chi connectivity index (χ2n) is 4.48. The van der Waals surface area contributed by atoms with E-state index in [2.05, 4.69) is 25.2 Å². The Labute approximate surface area is 110 Å². The number of benzene rings is 2. The van der Waals surface area contributed by atoms with E-state index in [4.69, 9.17) is 0 Å². The van der Waals surface area contributed by atoms with Crippen molar-refractivity contribution >= 4 is 23.4 Å². The van der Waals surface area contributed by atoms with Crippen molar-refractivity contribution in [2.45, 2.75) is 23.6 Å². The van der Waals surface area contributed by atoms with Gasteiger partial charge < -0.3 is 5.32 Å². The van der Waals surface area contributed by atoms with Gasteiger partial charge in [0.15, 0.2) is 0 Å². The van der Waals surface area contributed by atoms with Gasteiger partial charge in [-0.15, -0.1) is 0 Å². The molecule has 0 aliphatic carbocycles. The quantitative estimate of drug-likeness (QED) is 0.770. The second kappa shape index (κ2) is 4.18. The minimum atomic E-state index is -0.0277. The van der Waals surface area contributed by atoms with Crippen molar-refractivity contribution in [2.24, 2.45) is 0 Å². The van der Waals surface area contributed by atoms with Crippen LogP contribution in [0.25, 0.3) is 0 Å². The first-order valence-electron chi connectivity index (χ1n) is 5.84. The maximum atomic E-state index is 12.1. The molecule has 0 unspecified atom stereocenters. The number of nitrogens with one attached hydrogen (secondary N) is 1. The lowest BCUT2D eigenvalue weighted by molar-refractivity contribution is 0.102. The Morgan fingerprint density at radius 2 is 1.72 bits per heavy atom. The number of aryl methyl sites for hydroxylation is 2. The summed E-state index contributed by atoms with van der Waals surface area (Å²) < 4.78 is 0. The lowest BCUT2D eigenvalue weighted by Crippen LogP contribution is -2.11. The monoisotopic (exact) mass is 255 g/mol. The molecule has 0 saturated heterocycles. The molecule has 90 valence electrons. The molecule has 3 heteroatoms. The molecule has 2 aromatic carbocycles. The Kier molecular flexibility index (Phi) is 2.63. The molecule has 1 aliphatic rings. The van der Waals surface area contributed by atoms with Gasteiger partial charge in [-0.05, 0) is 49.2 Å². The Morgan fingerprint density at radius 1 is 1.00 bits per heavy atom. The summed E-state index contributed by atoms with van der Waals surface area (Å²) in [6.45, 7) is 4.15. The third-order valence-corrected chi connectivity index (χ3v) is 4.33. The largest absolute Gasteiger partial charge is 0.321 e. The molecule has 3 rings (SSSR count). The van der Waals surface area contributed by atoms with E-state index in [1.807, 2.05) is 30.3 Å². The van der Waals surface area contributed by atoms with Crippen LogP contribution in [0, 0.1) is 13.8 Å². The lowest BCUT2D eigenvalue weighted by Gasteiger charge is -2.09. The van der Waals surface area contributed by atoms with E-state index in [1.54, 1.807) is 11.8 Å². The van der Waals surface area contributed by atoms with Gasteiger partial charge in [0.05, 0.1) is 11.3 Å². The third-order valence-electron chi connectivity index (χ3n) is 3.20. The molecule has 0 fully saturated rings. The molecule has 2 aromatic rings. The second-order valence-corrected chi connectivity index (χ2v) is 5.57. The van der Waals surface area contributed by atoms with Crippen LogP contribution < -0.4 is 5.32 Å². The average molecular weight is 255 g/mol. The summed E-state index contributed by atoms with van der Waals surface area (Å²) in [5, 5.41) is 2.99. The summed E-state index contributed by atoms with van der Waals surface area (Å²) >= 11 is 1.65. The molecule has 18 heavy (non-hydrogen) atoms. The molecule has 1 aliphatic heterocycles. The number of carbonyl (C=O) groups is 1. The predicted molar refractivity (Wildman–Crippen MR) is 74.4 cm³/mol. The fraction of sp³-hybridized carbons (Fsp3) is 0.133. The van der Waals surface area contributed by atoms with Gasteiger partial charge in [0.2, 0.25) is 0 Å². The minimum absolute atomic E-state index is 0.0277. The first kappa shape index (κ1) is 11.4. The zero-order chi connectivity index (χ0) is 12.7. The van der Waals surface area contributed by atoms with Crippen LogP contribution in [0.1, 0.15) is 21.5 Å². The Bertz CT molecular complexity index is 649. The summed E-state index contributed by atoms with van der Waals surface area (Å²) in [5.74, 6) is -0.0277. The molecule has 0 aromatic heterocycles. The molecule has 0 radical (unpaired) electrons. The highest BCUT2D eigenvalue weighted by Crippen LogP contribution is 2.39. The van der Waals surface area contributed by atoms with Gasteiger partial charge in [-0.25, -0.2) is 0 Å². The van der Waals surface area contributed by atoms with E-state index < -0.39 is 0 Å². The van der Waals surface area contributed by atoms with Gasteiger partial charge in [-0.1, -0.05) is 23.9 Å². The standard InChI is InChI=1S/C15H13NOS/c1-9-7-12-14(8-10(9)2)18-13-6-4-3-5-11(13)15(17)16-12/h3-8H,1-2H3,(H,16,17). The Balaban J connectivity index is 2.18. The summed E-state index contributed by atoms with van der Waals surface area (Å²) in [5.41, 5.74) is 4.09. The number of fused-ring (bicyclic) bond motifs is 2. The fourth-order valence-electron chi connectivity index (χ4n) is 2.02. The number of hydrogen-bond acceptors (Lipinski definition) is 2. The average Bonchev–Trinajstić information content (AvgIpc) is 2.48. The fourth-order valence-corrected chi connectivity index (χ4v) is 3.13. The molecule has 1 amide bonds. The zero-order valence-electron chi connectivity index (χ0n) is 10.3. The first-order chi connectivity index (χ1) is 8.65. The number of hydrogen-bond donors (Lipinski definition) is 1. The first-order valence-corrected chi connectivity index (χ1v) is 6.66.